The van der Waals surface area contributed by atoms with E-state index in [2.05, 4.69) is 11.4 Å². The van der Waals surface area contributed by atoms with Gasteiger partial charge >= 0.3 is 0 Å². The predicted octanol–water partition coefficient (Wildman–Crippen LogP) is 2.56. The fourth-order valence-electron chi connectivity index (χ4n) is 5.75. The van der Waals surface area contributed by atoms with Crippen molar-refractivity contribution in [3.05, 3.63) is 70.2 Å². The minimum atomic E-state index is -0.797. The zero-order valence-corrected chi connectivity index (χ0v) is 18.0. The van der Waals surface area contributed by atoms with Crippen molar-refractivity contribution in [2.45, 2.75) is 44.8 Å². The van der Waals surface area contributed by atoms with E-state index in [0.717, 1.165) is 36.1 Å². The number of likely N-dealkylation sites (tertiary alicyclic amines) is 1. The van der Waals surface area contributed by atoms with Crippen LogP contribution in [0.3, 0.4) is 0 Å². The number of allylic oxidation sites excluding steroid dienone is 2. The molecule has 3 heterocycles. The Morgan fingerprint density at radius 2 is 1.94 bits per heavy atom. The highest BCUT2D eigenvalue weighted by molar-refractivity contribution is 5.98. The molecule has 2 aromatic rings. The van der Waals surface area contributed by atoms with Crippen molar-refractivity contribution >= 4 is 23.1 Å². The lowest BCUT2D eigenvalue weighted by Gasteiger charge is -2.30. The quantitative estimate of drug-likeness (QED) is 0.775. The lowest BCUT2D eigenvalue weighted by molar-refractivity contribution is -0.138. The van der Waals surface area contributed by atoms with Crippen LogP contribution >= 0.6 is 0 Å². The maximum Gasteiger partial charge on any atom is 0.258 e. The number of rotatable bonds is 4. The largest absolute Gasteiger partial charge is 0.396 e. The van der Waals surface area contributed by atoms with Gasteiger partial charge in [-0.2, -0.15) is 0 Å². The van der Waals surface area contributed by atoms with Gasteiger partial charge in [-0.15, -0.1) is 0 Å². The van der Waals surface area contributed by atoms with Gasteiger partial charge in [-0.25, -0.2) is 0 Å². The van der Waals surface area contributed by atoms with Crippen molar-refractivity contribution < 1.29 is 14.7 Å². The van der Waals surface area contributed by atoms with Crippen LogP contribution < -0.4 is 10.9 Å². The van der Waals surface area contributed by atoms with E-state index in [0.29, 0.717) is 12.2 Å². The average Bonchev–Trinajstić information content (AvgIpc) is 3.49. The second kappa shape index (κ2) is 8.06. The van der Waals surface area contributed by atoms with Crippen molar-refractivity contribution in [3.63, 3.8) is 0 Å². The highest BCUT2D eigenvalue weighted by atomic mass is 16.3. The molecule has 2 N–H and O–H groups in total. The Morgan fingerprint density at radius 1 is 1.16 bits per heavy atom. The number of pyridine rings is 1. The molecule has 0 bridgehead atoms. The van der Waals surface area contributed by atoms with Crippen LogP contribution in [0, 0.1) is 11.8 Å². The molecule has 2 amide bonds. The molecule has 1 aromatic carbocycles. The minimum Gasteiger partial charge on any atom is -0.396 e. The summed E-state index contributed by atoms with van der Waals surface area (Å²) in [4.78, 5) is 40.9. The molecule has 1 aliphatic carbocycles. The van der Waals surface area contributed by atoms with Crippen molar-refractivity contribution in [3.8, 4) is 0 Å². The zero-order valence-electron chi connectivity index (χ0n) is 18.0. The van der Waals surface area contributed by atoms with E-state index < -0.39 is 18.0 Å². The second-order valence-electron chi connectivity index (χ2n) is 8.89. The number of anilines is 1. The maximum atomic E-state index is 13.3. The summed E-state index contributed by atoms with van der Waals surface area (Å²) in [5.41, 5.74) is 3.14. The smallest absolute Gasteiger partial charge is 0.258 e. The molecule has 0 spiro atoms. The molecule has 166 valence electrons. The third-order valence-corrected chi connectivity index (χ3v) is 7.14. The molecule has 3 aliphatic rings. The fourth-order valence-corrected chi connectivity index (χ4v) is 5.75. The monoisotopic (exact) mass is 433 g/mol. The highest BCUT2D eigenvalue weighted by Gasteiger charge is 2.56. The van der Waals surface area contributed by atoms with Gasteiger partial charge in [-0.05, 0) is 49.1 Å². The molecule has 0 saturated carbocycles. The average molecular weight is 434 g/mol. The van der Waals surface area contributed by atoms with Crippen LogP contribution in [0.15, 0.2) is 53.3 Å². The van der Waals surface area contributed by atoms with E-state index in [4.69, 9.17) is 0 Å². The zero-order chi connectivity index (χ0) is 22.4. The summed E-state index contributed by atoms with van der Waals surface area (Å²) < 4.78 is 1.74. The topological polar surface area (TPSA) is 91.6 Å². The van der Waals surface area contributed by atoms with Crippen LogP contribution in [0.4, 0.5) is 5.69 Å². The number of aliphatic hydroxyl groups is 1. The fraction of sp³-hybridized carbons (Fsp3) is 0.400. The molecule has 7 nitrogen and oxygen atoms in total. The molecule has 5 rings (SSSR count). The second-order valence-corrected chi connectivity index (χ2v) is 8.89. The summed E-state index contributed by atoms with van der Waals surface area (Å²) in [6.45, 7) is 1.60. The molecular weight excluding hydrogens is 406 g/mol. The number of aromatic nitrogens is 1. The SMILES string of the molecule is CC(=O)N1[C@H](C(=O)Nc2ccccc2)[C@@H](CO)[C@@H]2Cn3c(ccc(C4=CCCC4)c3=O)[C@@H]21. The number of carbonyl (C=O) groups is 2. The molecule has 1 fully saturated rings. The van der Waals surface area contributed by atoms with E-state index >= 15 is 0 Å². The highest BCUT2D eigenvalue weighted by Crippen LogP contribution is 2.49. The Labute approximate surface area is 186 Å². The summed E-state index contributed by atoms with van der Waals surface area (Å²) >= 11 is 0. The van der Waals surface area contributed by atoms with Crippen LogP contribution in [-0.4, -0.2) is 39.0 Å². The number of para-hydroxylation sites is 1. The van der Waals surface area contributed by atoms with Gasteiger partial charge < -0.3 is 19.9 Å². The van der Waals surface area contributed by atoms with Crippen molar-refractivity contribution in [1.29, 1.82) is 0 Å². The molecule has 0 unspecified atom stereocenters. The summed E-state index contributed by atoms with van der Waals surface area (Å²) in [6, 6.07) is 11.7. The van der Waals surface area contributed by atoms with Crippen molar-refractivity contribution in [2.75, 3.05) is 11.9 Å². The third kappa shape index (κ3) is 3.19. The normalized spacial score (nSPS) is 25.9. The molecule has 2 aliphatic heterocycles. The van der Waals surface area contributed by atoms with E-state index in [9.17, 15) is 19.5 Å². The minimum absolute atomic E-state index is 0.0458. The molecule has 0 radical (unpaired) electrons. The van der Waals surface area contributed by atoms with Crippen molar-refractivity contribution in [1.82, 2.24) is 9.47 Å². The predicted molar refractivity (Wildman–Crippen MR) is 121 cm³/mol. The van der Waals surface area contributed by atoms with Crippen molar-refractivity contribution in [2.24, 2.45) is 11.8 Å². The molecule has 1 saturated heterocycles. The van der Waals surface area contributed by atoms with E-state index in [1.54, 1.807) is 21.6 Å². The van der Waals surface area contributed by atoms with Gasteiger partial charge in [0.05, 0.1) is 6.04 Å². The van der Waals surface area contributed by atoms with Crippen LogP contribution in [0.1, 0.15) is 43.5 Å². The first-order valence-electron chi connectivity index (χ1n) is 11.2. The lowest BCUT2D eigenvalue weighted by Crippen LogP contribution is -2.47. The summed E-state index contributed by atoms with van der Waals surface area (Å²) in [6.07, 6.45) is 5.08. The molecule has 7 heteroatoms. The Morgan fingerprint density at radius 3 is 2.59 bits per heavy atom. The Balaban J connectivity index is 1.52. The number of hydrogen-bond donors (Lipinski definition) is 2. The van der Waals surface area contributed by atoms with Crippen LogP contribution in [-0.2, 0) is 16.1 Å². The van der Waals surface area contributed by atoms with Crippen LogP contribution in [0.5, 0.6) is 0 Å². The van der Waals surface area contributed by atoms with Crippen LogP contribution in [0.25, 0.3) is 5.57 Å². The van der Waals surface area contributed by atoms with E-state index in [-0.39, 0.29) is 29.9 Å². The van der Waals surface area contributed by atoms with E-state index in [1.165, 1.54) is 6.92 Å². The first-order chi connectivity index (χ1) is 15.5. The number of carbonyl (C=O) groups excluding carboxylic acids is 2. The van der Waals surface area contributed by atoms with Crippen LogP contribution in [0.2, 0.25) is 0 Å². The number of hydrogen-bond acceptors (Lipinski definition) is 4. The van der Waals surface area contributed by atoms with Gasteiger partial charge in [0.2, 0.25) is 11.8 Å². The number of benzene rings is 1. The third-order valence-electron chi connectivity index (χ3n) is 7.14. The maximum absolute atomic E-state index is 13.3. The number of amides is 2. The van der Waals surface area contributed by atoms with Gasteiger partial charge in [-0.3, -0.25) is 14.4 Å². The van der Waals surface area contributed by atoms with E-state index in [1.807, 2.05) is 30.3 Å². The van der Waals surface area contributed by atoms with Gasteiger partial charge in [-0.1, -0.05) is 24.3 Å². The number of nitrogens with one attached hydrogen (secondary N) is 1. The molecule has 4 atom stereocenters. The number of aliphatic hydroxyl groups excluding tert-OH is 1. The summed E-state index contributed by atoms with van der Waals surface area (Å²) in [7, 11) is 0. The Kier molecular flexibility index (Phi) is 5.21. The summed E-state index contributed by atoms with van der Waals surface area (Å²) in [5, 5.41) is 13.1. The Bertz CT molecular complexity index is 1150. The van der Waals surface area contributed by atoms with Gasteiger partial charge in [0.1, 0.15) is 6.04 Å². The Hall–Kier alpha value is -3.19. The number of nitrogens with zero attached hydrogens (tertiary/aromatic N) is 2. The first kappa shape index (κ1) is 20.7. The van der Waals surface area contributed by atoms with Gasteiger partial charge in [0, 0.05) is 48.9 Å². The first-order valence-corrected chi connectivity index (χ1v) is 11.2. The van der Waals surface area contributed by atoms with Gasteiger partial charge in [0.25, 0.3) is 5.56 Å². The number of fused-ring (bicyclic) bond motifs is 3. The standard InChI is InChI=1S/C25H27N3O4/c1-15(30)28-22-19(20(14-29)23(28)24(31)26-17-9-3-2-4-10-17)13-27-21(22)12-11-18(25(27)32)16-7-5-6-8-16/h2-4,7,9-12,19-20,22-23,29H,5-6,8,13-14H2,1H3,(H,26,31)/t19-,20-,22+,23-/m0/s1. The molecule has 32 heavy (non-hydrogen) atoms. The lowest BCUT2D eigenvalue weighted by atomic mass is 9.88. The van der Waals surface area contributed by atoms with Gasteiger partial charge in [0.15, 0.2) is 0 Å². The summed E-state index contributed by atoms with van der Waals surface area (Å²) in [5.74, 6) is -1.22. The molecule has 1 aromatic heterocycles. The molecular formula is C25H27N3O4.